The third-order valence-electron chi connectivity index (χ3n) is 1.71. The Labute approximate surface area is 88.5 Å². The zero-order chi connectivity index (χ0) is 10.8. The molecule has 1 aromatic carbocycles. The Bertz CT molecular complexity index is 412. The summed E-state index contributed by atoms with van der Waals surface area (Å²) in [5, 5.41) is -0.0633. The van der Waals surface area contributed by atoms with E-state index in [2.05, 4.69) is 0 Å². The normalized spacial score (nSPS) is 13.9. The van der Waals surface area contributed by atoms with Crippen LogP contribution in [0.15, 0.2) is 29.2 Å². The van der Waals surface area contributed by atoms with E-state index in [1.807, 2.05) is 6.92 Å². The number of hydrogen-bond acceptors (Lipinski definition) is 2. The molecule has 0 heterocycles. The lowest BCUT2D eigenvalue weighted by atomic mass is 10.1. The second kappa shape index (κ2) is 4.29. The molecule has 0 amide bonds. The molecule has 0 fully saturated rings. The van der Waals surface area contributed by atoms with Gasteiger partial charge in [0, 0.05) is 5.38 Å². The molecule has 0 saturated heterocycles. The lowest BCUT2D eigenvalue weighted by Crippen LogP contribution is -2.01. The molecule has 0 aliphatic carbocycles. The van der Waals surface area contributed by atoms with Gasteiger partial charge in [0.2, 0.25) is 0 Å². The van der Waals surface area contributed by atoms with Crippen LogP contribution in [-0.4, -0.2) is 18.3 Å². The monoisotopic (exact) mass is 234 g/mol. The predicted octanol–water partition coefficient (Wildman–Crippen LogP) is 2.10. The number of halogens is 1. The molecule has 0 spiro atoms. The Kier molecular flexibility index (Phi) is 3.53. The molecular weight excluding hydrogens is 224 g/mol. The highest BCUT2D eigenvalue weighted by atomic mass is 35.5. The van der Waals surface area contributed by atoms with Crippen LogP contribution in [0.2, 0.25) is 0 Å². The van der Waals surface area contributed by atoms with Crippen molar-refractivity contribution >= 4 is 21.7 Å². The number of benzene rings is 1. The summed E-state index contributed by atoms with van der Waals surface area (Å²) in [6.07, 6.45) is 0.574. The van der Waals surface area contributed by atoms with Crippen LogP contribution in [0.25, 0.3) is 0 Å². The second-order valence-corrected chi connectivity index (χ2v) is 5.27. The molecule has 5 heteroatoms. The maximum absolute atomic E-state index is 10.8. The third-order valence-corrected chi connectivity index (χ3v) is 2.72. The third kappa shape index (κ3) is 3.29. The molecule has 14 heavy (non-hydrogen) atoms. The van der Waals surface area contributed by atoms with Crippen molar-refractivity contribution in [3.8, 4) is 0 Å². The zero-order valence-corrected chi connectivity index (χ0v) is 9.22. The van der Waals surface area contributed by atoms with Gasteiger partial charge in [0.1, 0.15) is 0 Å². The molecule has 0 aliphatic heterocycles. The fourth-order valence-electron chi connectivity index (χ4n) is 1.16. The van der Waals surface area contributed by atoms with Gasteiger partial charge in [0.25, 0.3) is 10.1 Å². The van der Waals surface area contributed by atoms with Gasteiger partial charge in [0.05, 0.1) is 4.90 Å². The highest BCUT2D eigenvalue weighted by molar-refractivity contribution is 7.85. The minimum atomic E-state index is -4.10. The molecule has 1 atom stereocenters. The lowest BCUT2D eigenvalue weighted by molar-refractivity contribution is 0.483. The smallest absolute Gasteiger partial charge is 0.282 e. The van der Waals surface area contributed by atoms with Gasteiger partial charge in [-0.1, -0.05) is 12.1 Å². The van der Waals surface area contributed by atoms with Crippen LogP contribution in [0.3, 0.4) is 0 Å². The van der Waals surface area contributed by atoms with Crippen LogP contribution in [0.4, 0.5) is 0 Å². The van der Waals surface area contributed by atoms with Crippen molar-refractivity contribution in [3.05, 3.63) is 29.8 Å². The summed E-state index contributed by atoms with van der Waals surface area (Å²) in [6.45, 7) is 1.82. The summed E-state index contributed by atoms with van der Waals surface area (Å²) in [5.74, 6) is 0. The first-order valence-corrected chi connectivity index (χ1v) is 5.98. The molecule has 1 aromatic rings. The fourth-order valence-corrected chi connectivity index (χ4v) is 1.89. The van der Waals surface area contributed by atoms with Crippen molar-refractivity contribution < 1.29 is 13.0 Å². The van der Waals surface area contributed by atoms with E-state index < -0.39 is 10.1 Å². The quantitative estimate of drug-likeness (QED) is 0.644. The highest BCUT2D eigenvalue weighted by Gasteiger charge is 2.10. The summed E-state index contributed by atoms with van der Waals surface area (Å²) < 4.78 is 30.4. The molecule has 1 rings (SSSR count). The Morgan fingerprint density at radius 3 is 2.64 bits per heavy atom. The molecule has 3 nitrogen and oxygen atoms in total. The predicted molar refractivity (Wildman–Crippen MR) is 55.3 cm³/mol. The Morgan fingerprint density at radius 1 is 1.50 bits per heavy atom. The van der Waals surface area contributed by atoms with Crippen LogP contribution in [-0.2, 0) is 16.5 Å². The molecule has 0 bridgehead atoms. The first-order valence-electron chi connectivity index (χ1n) is 4.10. The number of alkyl halides is 1. The van der Waals surface area contributed by atoms with Crippen molar-refractivity contribution in [2.75, 3.05) is 0 Å². The standard InChI is InChI=1S/C9H11ClO3S/c1-7(10)5-8-3-2-4-9(6-8)14(11,12)13/h2-4,6-7H,5H2,1H3,(H,11,12,13). The lowest BCUT2D eigenvalue weighted by Gasteiger charge is -2.04. The molecular formula is C9H11ClO3S. The van der Waals surface area contributed by atoms with Crippen LogP contribution in [0.5, 0.6) is 0 Å². The first-order chi connectivity index (χ1) is 6.39. The van der Waals surface area contributed by atoms with Crippen molar-refractivity contribution in [2.24, 2.45) is 0 Å². The summed E-state index contributed by atoms with van der Waals surface area (Å²) in [5.41, 5.74) is 0.794. The Balaban J connectivity index is 3.02. The highest BCUT2D eigenvalue weighted by Crippen LogP contribution is 2.13. The van der Waals surface area contributed by atoms with Crippen molar-refractivity contribution in [1.29, 1.82) is 0 Å². The summed E-state index contributed by atoms with van der Waals surface area (Å²) >= 11 is 5.77. The Hall–Kier alpha value is -0.580. The number of hydrogen-bond donors (Lipinski definition) is 1. The van der Waals surface area contributed by atoms with Gasteiger partial charge in [-0.3, -0.25) is 4.55 Å². The van der Waals surface area contributed by atoms with E-state index in [1.165, 1.54) is 12.1 Å². The van der Waals surface area contributed by atoms with Crippen LogP contribution < -0.4 is 0 Å². The second-order valence-electron chi connectivity index (χ2n) is 3.11. The minimum absolute atomic E-state index is 0.0633. The van der Waals surface area contributed by atoms with E-state index in [1.54, 1.807) is 12.1 Å². The molecule has 0 radical (unpaired) electrons. The van der Waals surface area contributed by atoms with Crippen molar-refractivity contribution in [3.63, 3.8) is 0 Å². The SMILES string of the molecule is CC(Cl)Cc1cccc(S(=O)(=O)O)c1. The summed E-state index contributed by atoms with van der Waals surface area (Å²) in [4.78, 5) is -0.0904. The molecule has 1 N–H and O–H groups in total. The van der Waals surface area contributed by atoms with Gasteiger partial charge in [-0.15, -0.1) is 11.6 Å². The fraction of sp³-hybridized carbons (Fsp3) is 0.333. The van der Waals surface area contributed by atoms with Crippen LogP contribution in [0.1, 0.15) is 12.5 Å². The zero-order valence-electron chi connectivity index (χ0n) is 7.64. The summed E-state index contributed by atoms with van der Waals surface area (Å²) in [7, 11) is -4.10. The number of rotatable bonds is 3. The molecule has 78 valence electrons. The van der Waals surface area contributed by atoms with E-state index >= 15 is 0 Å². The molecule has 0 saturated carbocycles. The first kappa shape index (κ1) is 11.5. The van der Waals surface area contributed by atoms with Crippen molar-refractivity contribution in [2.45, 2.75) is 23.6 Å². The van der Waals surface area contributed by atoms with Gasteiger partial charge in [-0.05, 0) is 31.0 Å². The van der Waals surface area contributed by atoms with E-state index in [0.717, 1.165) is 5.56 Å². The minimum Gasteiger partial charge on any atom is -0.282 e. The molecule has 1 unspecified atom stereocenters. The van der Waals surface area contributed by atoms with Gasteiger partial charge in [0.15, 0.2) is 0 Å². The van der Waals surface area contributed by atoms with E-state index in [-0.39, 0.29) is 10.3 Å². The average Bonchev–Trinajstić information content (AvgIpc) is 2.01. The summed E-state index contributed by atoms with van der Waals surface area (Å²) in [6, 6.07) is 6.12. The van der Waals surface area contributed by atoms with E-state index in [9.17, 15) is 8.42 Å². The Morgan fingerprint density at radius 2 is 2.14 bits per heavy atom. The molecule has 0 aromatic heterocycles. The maximum atomic E-state index is 10.8. The average molecular weight is 235 g/mol. The van der Waals surface area contributed by atoms with E-state index in [0.29, 0.717) is 6.42 Å². The van der Waals surface area contributed by atoms with E-state index in [4.69, 9.17) is 16.2 Å². The molecule has 0 aliphatic rings. The van der Waals surface area contributed by atoms with Crippen LogP contribution >= 0.6 is 11.6 Å². The van der Waals surface area contributed by atoms with Gasteiger partial charge in [-0.2, -0.15) is 8.42 Å². The topological polar surface area (TPSA) is 54.4 Å². The van der Waals surface area contributed by atoms with Crippen molar-refractivity contribution in [1.82, 2.24) is 0 Å². The largest absolute Gasteiger partial charge is 0.294 e. The van der Waals surface area contributed by atoms with Gasteiger partial charge < -0.3 is 0 Å². The van der Waals surface area contributed by atoms with Gasteiger partial charge >= 0.3 is 0 Å². The van der Waals surface area contributed by atoms with Gasteiger partial charge in [-0.25, -0.2) is 0 Å². The van der Waals surface area contributed by atoms with Crippen LogP contribution in [0, 0.1) is 0 Å². The maximum Gasteiger partial charge on any atom is 0.294 e.